The Labute approximate surface area is 493 Å². The number of likely N-dealkylation sites (N-methyl/N-ethyl adjacent to an activating group) is 1. The largest absolute Gasteiger partial charge is 0.472 e. The number of esters is 2. The number of unbranched alkanes of at least 4 members (excludes halogenated alkanes) is 30. The van der Waals surface area contributed by atoms with Gasteiger partial charge in [0.05, 0.1) is 27.7 Å². The van der Waals surface area contributed by atoms with Crippen LogP contribution in [0.1, 0.15) is 284 Å². The van der Waals surface area contributed by atoms with Gasteiger partial charge in [-0.05, 0) is 89.9 Å². The number of nitrogens with zero attached hydrogens (tertiary/aromatic N) is 1. The summed E-state index contributed by atoms with van der Waals surface area (Å²) >= 11 is 0. The highest BCUT2D eigenvalue weighted by atomic mass is 31.2. The van der Waals surface area contributed by atoms with Gasteiger partial charge in [0.25, 0.3) is 0 Å². The molecule has 0 spiro atoms. The highest BCUT2D eigenvalue weighted by Gasteiger charge is 2.27. The van der Waals surface area contributed by atoms with E-state index in [0.717, 1.165) is 77.0 Å². The molecule has 0 aromatic carbocycles. The zero-order valence-corrected chi connectivity index (χ0v) is 53.4. The maximum Gasteiger partial charge on any atom is 0.472 e. The Kier molecular flexibility index (Phi) is 58.2. The van der Waals surface area contributed by atoms with Gasteiger partial charge in [0.2, 0.25) is 0 Å². The summed E-state index contributed by atoms with van der Waals surface area (Å²) in [5.74, 6) is -0.841. The molecule has 9 nitrogen and oxygen atoms in total. The third-order valence-electron chi connectivity index (χ3n) is 14.1. The topological polar surface area (TPSA) is 108 Å². The fraction of sp³-hybridized carbons (Fsp3) is 0.743. The molecule has 0 aromatic heterocycles. The molecule has 0 rings (SSSR count). The second-order valence-corrected chi connectivity index (χ2v) is 24.5. The molecule has 0 fully saturated rings. The first-order chi connectivity index (χ1) is 39.0. The maximum absolute atomic E-state index is 12.8. The van der Waals surface area contributed by atoms with Gasteiger partial charge in [0, 0.05) is 12.8 Å². The van der Waals surface area contributed by atoms with Gasteiger partial charge < -0.3 is 18.9 Å². The van der Waals surface area contributed by atoms with Crippen molar-refractivity contribution in [2.45, 2.75) is 290 Å². The molecule has 1 N–H and O–H groups in total. The second-order valence-electron chi connectivity index (χ2n) is 23.1. The van der Waals surface area contributed by atoms with Crippen LogP contribution in [-0.4, -0.2) is 74.9 Å². The van der Waals surface area contributed by atoms with Crippen molar-refractivity contribution in [3.63, 3.8) is 0 Å². The summed E-state index contributed by atoms with van der Waals surface area (Å²) in [7, 11) is 1.45. The van der Waals surface area contributed by atoms with Crippen molar-refractivity contribution in [2.75, 3.05) is 47.5 Å². The Morgan fingerprint density at radius 3 is 1.02 bits per heavy atom. The van der Waals surface area contributed by atoms with Crippen LogP contribution in [0.25, 0.3) is 0 Å². The predicted octanol–water partition coefficient (Wildman–Crippen LogP) is 21.2. The van der Waals surface area contributed by atoms with E-state index < -0.39 is 32.5 Å². The molecule has 0 aromatic rings. The molecule has 0 saturated carbocycles. The van der Waals surface area contributed by atoms with Gasteiger partial charge in [-0.25, -0.2) is 4.57 Å². The van der Waals surface area contributed by atoms with Crippen LogP contribution in [0.2, 0.25) is 0 Å². The second kappa shape index (κ2) is 60.5. The molecule has 80 heavy (non-hydrogen) atoms. The summed E-state index contributed by atoms with van der Waals surface area (Å²) in [6.07, 6.45) is 84.0. The molecule has 0 heterocycles. The molecule has 0 aliphatic carbocycles. The lowest BCUT2D eigenvalue weighted by Gasteiger charge is -2.24. The average Bonchev–Trinajstić information content (AvgIpc) is 3.42. The van der Waals surface area contributed by atoms with Crippen LogP contribution in [0.3, 0.4) is 0 Å². The Morgan fingerprint density at radius 1 is 0.388 bits per heavy atom. The van der Waals surface area contributed by atoms with Crippen LogP contribution < -0.4 is 0 Å². The molecule has 0 aliphatic heterocycles. The molecule has 462 valence electrons. The maximum atomic E-state index is 12.8. The van der Waals surface area contributed by atoms with Crippen molar-refractivity contribution >= 4 is 19.8 Å². The predicted molar refractivity (Wildman–Crippen MR) is 344 cm³/mol. The summed E-state index contributed by atoms with van der Waals surface area (Å²) < 4.78 is 34.5. The first kappa shape index (κ1) is 76.9. The van der Waals surface area contributed by atoms with Gasteiger partial charge in [-0.15, -0.1) is 0 Å². The summed E-state index contributed by atoms with van der Waals surface area (Å²) in [6, 6.07) is 0. The number of phosphoric acid groups is 1. The van der Waals surface area contributed by atoms with E-state index in [2.05, 4.69) is 111 Å². The van der Waals surface area contributed by atoms with Crippen LogP contribution in [-0.2, 0) is 32.7 Å². The van der Waals surface area contributed by atoms with Crippen molar-refractivity contribution in [3.8, 4) is 0 Å². The Bertz CT molecular complexity index is 1670. The minimum absolute atomic E-state index is 0.0231. The van der Waals surface area contributed by atoms with Crippen molar-refractivity contribution in [2.24, 2.45) is 0 Å². The number of rotatable bonds is 60. The molecule has 0 bridgehead atoms. The first-order valence-corrected chi connectivity index (χ1v) is 34.5. The van der Waals surface area contributed by atoms with E-state index in [1.54, 1.807) is 0 Å². The monoisotopic (exact) mass is 1140 g/mol. The fourth-order valence-electron chi connectivity index (χ4n) is 9.12. The third kappa shape index (κ3) is 64.1. The number of carbonyl (C=O) groups is 2. The van der Waals surface area contributed by atoms with Crippen molar-refractivity contribution < 1.29 is 42.1 Å². The summed E-state index contributed by atoms with van der Waals surface area (Å²) in [6.45, 7) is 4.17. The van der Waals surface area contributed by atoms with Crippen LogP contribution in [0.4, 0.5) is 0 Å². The van der Waals surface area contributed by atoms with E-state index in [1.165, 1.54) is 167 Å². The van der Waals surface area contributed by atoms with Gasteiger partial charge >= 0.3 is 19.8 Å². The summed E-state index contributed by atoms with van der Waals surface area (Å²) in [5, 5.41) is 0. The zero-order chi connectivity index (χ0) is 58.4. The standard InChI is InChI=1S/C70H124NO8P/c1-6-8-10-12-14-16-18-20-22-23-24-25-26-27-28-29-30-31-32-33-34-35-36-37-38-39-40-41-42-43-44-45-46-47-49-51-53-55-57-59-61-63-70(73)79-68(67-78-80(74,75)77-65-64-71(3,4)5)66-76-69(72)62-60-58-56-54-52-50-48-21-19-17-15-13-11-9-7-2/h8-11,14-17,20-22,24-25,48,52,54,68H,6-7,12-13,18-19,23,26-47,49-51,53,55-67H2,1-5H3/p+1/b10-8-,11-9-,16-14-,17-15-,22-20-,25-24-,48-21-,54-52-. The van der Waals surface area contributed by atoms with Crippen molar-refractivity contribution in [1.29, 1.82) is 0 Å². The van der Waals surface area contributed by atoms with Crippen molar-refractivity contribution in [3.05, 3.63) is 97.2 Å². The fourth-order valence-corrected chi connectivity index (χ4v) is 9.86. The molecule has 0 aliphatic rings. The van der Waals surface area contributed by atoms with E-state index >= 15 is 0 Å². The number of allylic oxidation sites excluding steroid dienone is 16. The van der Waals surface area contributed by atoms with Crippen LogP contribution in [0, 0.1) is 0 Å². The lowest BCUT2D eigenvalue weighted by atomic mass is 10.0. The summed E-state index contributed by atoms with van der Waals surface area (Å²) in [5.41, 5.74) is 0. The van der Waals surface area contributed by atoms with Crippen molar-refractivity contribution in [1.82, 2.24) is 0 Å². The number of carbonyl (C=O) groups excluding carboxylic acids is 2. The molecule has 10 heteroatoms. The highest BCUT2D eigenvalue weighted by Crippen LogP contribution is 2.43. The molecule has 0 radical (unpaired) electrons. The normalized spacial score (nSPS) is 13.8. The Hall–Kier alpha value is -3.07. The first-order valence-electron chi connectivity index (χ1n) is 33.0. The minimum Gasteiger partial charge on any atom is -0.462 e. The molecule has 2 atom stereocenters. The smallest absolute Gasteiger partial charge is 0.462 e. The lowest BCUT2D eigenvalue weighted by Crippen LogP contribution is -2.37. The van der Waals surface area contributed by atoms with E-state index in [0.29, 0.717) is 23.9 Å². The van der Waals surface area contributed by atoms with E-state index in [-0.39, 0.29) is 26.1 Å². The SMILES string of the molecule is CC/C=C\C/C=C\C/C=C\C/C=C\CCCCCCCCCCCCCCCCCCCCCCCCCCCCCCC(=O)OC(COC(=O)CCCC/C=C\C/C=C\C/C=C\C/C=C\CC)COP(=O)(O)OCC[N+](C)(C)C. The molecule has 0 saturated heterocycles. The van der Waals surface area contributed by atoms with Gasteiger partial charge in [-0.3, -0.25) is 18.6 Å². The van der Waals surface area contributed by atoms with Gasteiger partial charge in [-0.2, -0.15) is 0 Å². The van der Waals surface area contributed by atoms with Crippen LogP contribution in [0.5, 0.6) is 0 Å². The number of ether oxygens (including phenoxy) is 2. The van der Waals surface area contributed by atoms with Crippen LogP contribution >= 0.6 is 7.82 Å². The number of quaternary nitrogens is 1. The summed E-state index contributed by atoms with van der Waals surface area (Å²) in [4.78, 5) is 35.7. The van der Waals surface area contributed by atoms with Gasteiger partial charge in [0.1, 0.15) is 19.8 Å². The number of phosphoric ester groups is 1. The van der Waals surface area contributed by atoms with Gasteiger partial charge in [-0.1, -0.05) is 278 Å². The number of hydrogen-bond acceptors (Lipinski definition) is 7. The molecule has 2 unspecified atom stereocenters. The van der Waals surface area contributed by atoms with Crippen LogP contribution in [0.15, 0.2) is 97.2 Å². The molecular formula is C70H125NO8P+. The molecule has 0 amide bonds. The highest BCUT2D eigenvalue weighted by molar-refractivity contribution is 7.47. The van der Waals surface area contributed by atoms with E-state index in [9.17, 15) is 19.0 Å². The Morgan fingerprint density at radius 2 is 0.675 bits per heavy atom. The lowest BCUT2D eigenvalue weighted by molar-refractivity contribution is -0.870. The van der Waals surface area contributed by atoms with E-state index in [1.807, 2.05) is 21.1 Å². The van der Waals surface area contributed by atoms with E-state index in [4.69, 9.17) is 18.5 Å². The number of hydrogen-bond donors (Lipinski definition) is 1. The Balaban J connectivity index is 3.90. The average molecular weight is 1140 g/mol. The third-order valence-corrected chi connectivity index (χ3v) is 15.1. The van der Waals surface area contributed by atoms with Gasteiger partial charge in [0.15, 0.2) is 6.10 Å². The minimum atomic E-state index is -4.40. The quantitative estimate of drug-likeness (QED) is 0.0211. The molecular weight excluding hydrogens is 1010 g/mol. The zero-order valence-electron chi connectivity index (χ0n) is 52.5.